The highest BCUT2D eigenvalue weighted by molar-refractivity contribution is 6.29. The lowest BCUT2D eigenvalue weighted by molar-refractivity contribution is 1.20. The van der Waals surface area contributed by atoms with E-state index < -0.39 is 0 Å². The van der Waals surface area contributed by atoms with E-state index in [4.69, 9.17) is 9.97 Å². The van der Waals surface area contributed by atoms with E-state index in [1.807, 2.05) is 18.2 Å². The summed E-state index contributed by atoms with van der Waals surface area (Å²) in [5.74, 6) is 0. The van der Waals surface area contributed by atoms with Gasteiger partial charge in [-0.15, -0.1) is 0 Å². The minimum atomic E-state index is 0.871. The molecule has 0 amide bonds. The SMILES string of the molecule is c1ccc(-c2ccc(-c3nc4ccccc4nc3-c3ccc(-n4c5ccc6ccccc6c5c5c6ccccc6ccc54)c4ccccc34)cc2)cc1. The molecule has 0 radical (unpaired) electrons. The summed E-state index contributed by atoms with van der Waals surface area (Å²) in [6.07, 6.45) is 0. The molecule has 0 saturated heterocycles. The van der Waals surface area contributed by atoms with E-state index >= 15 is 0 Å². The molecule has 0 fully saturated rings. The van der Waals surface area contributed by atoms with Crippen molar-refractivity contribution in [3.05, 3.63) is 188 Å². The lowest BCUT2D eigenvalue weighted by Gasteiger charge is -2.17. The summed E-state index contributed by atoms with van der Waals surface area (Å²) in [5, 5.41) is 9.87. The van der Waals surface area contributed by atoms with E-state index in [9.17, 15) is 0 Å². The zero-order chi connectivity index (χ0) is 34.9. The lowest BCUT2D eigenvalue weighted by Crippen LogP contribution is -1.99. The average molecular weight is 674 g/mol. The topological polar surface area (TPSA) is 30.7 Å². The fraction of sp³-hybridized carbons (Fsp3) is 0. The Balaban J connectivity index is 1.18. The molecule has 0 N–H and O–H groups in total. The van der Waals surface area contributed by atoms with Crippen LogP contribution in [0.1, 0.15) is 0 Å². The first-order valence-electron chi connectivity index (χ1n) is 18.1. The van der Waals surface area contributed by atoms with Gasteiger partial charge in [0.1, 0.15) is 0 Å². The van der Waals surface area contributed by atoms with Crippen molar-refractivity contribution in [1.29, 1.82) is 0 Å². The Morgan fingerprint density at radius 3 is 1.45 bits per heavy atom. The Kier molecular flexibility index (Phi) is 6.55. The van der Waals surface area contributed by atoms with Crippen LogP contribution < -0.4 is 0 Å². The average Bonchev–Trinajstić information content (AvgIpc) is 3.58. The van der Waals surface area contributed by atoms with Crippen LogP contribution >= 0.6 is 0 Å². The minimum Gasteiger partial charge on any atom is -0.309 e. The third kappa shape index (κ3) is 4.61. The zero-order valence-corrected chi connectivity index (χ0v) is 28.7. The highest BCUT2D eigenvalue weighted by atomic mass is 15.0. The van der Waals surface area contributed by atoms with Gasteiger partial charge in [0.05, 0.1) is 39.1 Å². The van der Waals surface area contributed by atoms with E-state index in [0.29, 0.717) is 0 Å². The van der Waals surface area contributed by atoms with E-state index in [0.717, 1.165) is 50.0 Å². The number of aromatic nitrogens is 3. The molecule has 246 valence electrons. The Morgan fingerprint density at radius 1 is 0.321 bits per heavy atom. The van der Waals surface area contributed by atoms with Crippen LogP contribution in [0.3, 0.4) is 0 Å². The van der Waals surface area contributed by atoms with Crippen molar-refractivity contribution in [1.82, 2.24) is 14.5 Å². The van der Waals surface area contributed by atoms with Crippen molar-refractivity contribution >= 4 is 65.2 Å². The number of para-hydroxylation sites is 2. The molecular formula is C50H31N3. The standard InChI is InChI=1S/C50H31N3/c1-2-12-32(13-3-1)33-22-24-36(25-23-33)49-50(52-43-21-11-10-20-42(43)51-49)41-28-31-44(40-19-9-8-18-39(40)41)53-45-29-26-34-14-4-6-16-37(34)47(45)48-38-17-7-5-15-35(38)27-30-46(48)53/h1-31H. The first kappa shape index (κ1) is 29.6. The van der Waals surface area contributed by atoms with Crippen molar-refractivity contribution in [3.63, 3.8) is 0 Å². The van der Waals surface area contributed by atoms with Gasteiger partial charge in [0, 0.05) is 27.3 Å². The highest BCUT2D eigenvalue weighted by Gasteiger charge is 2.21. The number of benzene rings is 9. The van der Waals surface area contributed by atoms with Gasteiger partial charge in [-0.2, -0.15) is 0 Å². The molecule has 0 aliphatic carbocycles. The van der Waals surface area contributed by atoms with Gasteiger partial charge in [0.15, 0.2) is 0 Å². The van der Waals surface area contributed by atoms with Crippen molar-refractivity contribution in [3.8, 4) is 39.3 Å². The molecule has 2 heterocycles. The second-order valence-electron chi connectivity index (χ2n) is 13.7. The first-order valence-corrected chi connectivity index (χ1v) is 18.1. The molecule has 0 aliphatic rings. The number of hydrogen-bond donors (Lipinski definition) is 0. The molecule has 0 unspecified atom stereocenters. The van der Waals surface area contributed by atoms with Gasteiger partial charge in [0.25, 0.3) is 0 Å². The van der Waals surface area contributed by atoms with Crippen LogP contribution in [-0.2, 0) is 0 Å². The Hall–Kier alpha value is -7.10. The van der Waals surface area contributed by atoms with Crippen LogP contribution in [0.25, 0.3) is 104 Å². The zero-order valence-electron chi connectivity index (χ0n) is 28.7. The van der Waals surface area contributed by atoms with Crippen LogP contribution in [0.15, 0.2) is 188 Å². The maximum absolute atomic E-state index is 5.34. The molecule has 53 heavy (non-hydrogen) atoms. The summed E-state index contributed by atoms with van der Waals surface area (Å²) in [6.45, 7) is 0. The van der Waals surface area contributed by atoms with Crippen LogP contribution in [0, 0.1) is 0 Å². The number of nitrogens with zero attached hydrogens (tertiary/aromatic N) is 3. The van der Waals surface area contributed by atoms with E-state index in [1.54, 1.807) is 0 Å². The van der Waals surface area contributed by atoms with Gasteiger partial charge >= 0.3 is 0 Å². The predicted octanol–water partition coefficient (Wildman–Crippen LogP) is 13.2. The molecular weight excluding hydrogens is 643 g/mol. The molecule has 3 heteroatoms. The molecule has 11 aromatic rings. The van der Waals surface area contributed by atoms with E-state index in [1.165, 1.54) is 54.5 Å². The summed E-state index contributed by atoms with van der Waals surface area (Å²) in [4.78, 5) is 10.6. The van der Waals surface area contributed by atoms with Gasteiger partial charge in [-0.1, -0.05) is 152 Å². The van der Waals surface area contributed by atoms with Crippen molar-refractivity contribution in [2.24, 2.45) is 0 Å². The van der Waals surface area contributed by atoms with Gasteiger partial charge in [0.2, 0.25) is 0 Å². The molecule has 9 aromatic carbocycles. The van der Waals surface area contributed by atoms with Crippen molar-refractivity contribution in [2.75, 3.05) is 0 Å². The third-order valence-electron chi connectivity index (χ3n) is 10.8. The Labute approximate surface area is 306 Å². The first-order chi connectivity index (χ1) is 26.3. The summed E-state index contributed by atoms with van der Waals surface area (Å²) < 4.78 is 2.46. The summed E-state index contributed by atoms with van der Waals surface area (Å²) in [6, 6.07) is 67.2. The summed E-state index contributed by atoms with van der Waals surface area (Å²) >= 11 is 0. The largest absolute Gasteiger partial charge is 0.309 e. The molecule has 0 bridgehead atoms. The molecule has 0 saturated carbocycles. The molecule has 0 atom stereocenters. The second-order valence-corrected chi connectivity index (χ2v) is 13.7. The predicted molar refractivity (Wildman–Crippen MR) is 223 cm³/mol. The molecule has 11 rings (SSSR count). The van der Waals surface area contributed by atoms with Crippen LogP contribution in [0.5, 0.6) is 0 Å². The quantitative estimate of drug-likeness (QED) is 0.186. The summed E-state index contributed by atoms with van der Waals surface area (Å²) in [7, 11) is 0. The van der Waals surface area contributed by atoms with Crippen LogP contribution in [0.2, 0.25) is 0 Å². The van der Waals surface area contributed by atoms with Crippen molar-refractivity contribution < 1.29 is 0 Å². The van der Waals surface area contributed by atoms with Crippen LogP contribution in [-0.4, -0.2) is 14.5 Å². The number of rotatable bonds is 4. The Morgan fingerprint density at radius 2 is 0.811 bits per heavy atom. The van der Waals surface area contributed by atoms with Gasteiger partial charge < -0.3 is 4.57 Å². The van der Waals surface area contributed by atoms with Crippen molar-refractivity contribution in [2.45, 2.75) is 0 Å². The monoisotopic (exact) mass is 673 g/mol. The molecule has 0 aliphatic heterocycles. The van der Waals surface area contributed by atoms with Gasteiger partial charge in [-0.05, 0) is 74.5 Å². The Bertz CT molecular complexity index is 3120. The number of hydrogen-bond acceptors (Lipinski definition) is 2. The fourth-order valence-electron chi connectivity index (χ4n) is 8.33. The fourth-order valence-corrected chi connectivity index (χ4v) is 8.33. The minimum absolute atomic E-state index is 0.871. The van der Waals surface area contributed by atoms with Crippen LogP contribution in [0.4, 0.5) is 0 Å². The van der Waals surface area contributed by atoms with E-state index in [2.05, 4.69) is 174 Å². The molecule has 2 aromatic heterocycles. The maximum atomic E-state index is 5.34. The molecule has 0 spiro atoms. The van der Waals surface area contributed by atoms with Gasteiger partial charge in [-0.25, -0.2) is 9.97 Å². The summed E-state index contributed by atoms with van der Waals surface area (Å²) in [5.41, 5.74) is 11.5. The third-order valence-corrected chi connectivity index (χ3v) is 10.8. The second kappa shape index (κ2) is 11.7. The molecule has 3 nitrogen and oxygen atoms in total. The maximum Gasteiger partial charge on any atom is 0.0979 e. The number of fused-ring (bicyclic) bond motifs is 9. The van der Waals surface area contributed by atoms with E-state index in [-0.39, 0.29) is 0 Å². The smallest absolute Gasteiger partial charge is 0.0979 e. The normalized spacial score (nSPS) is 11.8. The lowest BCUT2D eigenvalue weighted by atomic mass is 9.96. The van der Waals surface area contributed by atoms with Gasteiger partial charge in [-0.3, -0.25) is 0 Å². The highest BCUT2D eigenvalue weighted by Crippen LogP contribution is 2.43.